The van der Waals surface area contributed by atoms with Gasteiger partial charge in [-0.25, -0.2) is 4.57 Å². The Balaban J connectivity index is 4.80. The molecule has 0 aromatic heterocycles. The Morgan fingerprint density at radius 2 is 1.25 bits per heavy atom. The number of aliphatic hydroxyl groups excluding tert-OH is 3. The standard InChI is InChI=1S/C46H76NO11P/c1-6-8-10-11-12-13-14-15-16-17-18-19-20-25-29-35-46(52)58-42(40-57-59(53,54)56-38-37-47(3,4)5)39-55-45(51)36-30-34-44(50)43(49)33-28-24-22-21-23-27-32-41(48)31-26-9-7-2/h8,10,12-13,15-16,18-19,21-24,27-28,32-33,41-44,48-50H,6-7,9,11,14,17,20,25-26,29-31,34-40H2,1-5H3/p+1/b10-8-,13-12-,16-15-,19-18-,23-21-,24-22+,32-27+,33-28+/t41-,42-,43-,44-/m1/s1. The summed E-state index contributed by atoms with van der Waals surface area (Å²) >= 11 is 0. The van der Waals surface area contributed by atoms with E-state index in [9.17, 15) is 34.4 Å². The van der Waals surface area contributed by atoms with Crippen molar-refractivity contribution in [2.45, 2.75) is 135 Å². The number of phosphoric acid groups is 1. The number of quaternary nitrogens is 1. The van der Waals surface area contributed by atoms with Crippen LogP contribution in [-0.2, 0) is 32.7 Å². The van der Waals surface area contributed by atoms with E-state index in [-0.39, 0.29) is 32.3 Å². The van der Waals surface area contributed by atoms with Gasteiger partial charge in [0, 0.05) is 12.8 Å². The normalized spacial score (nSPS) is 16.2. The molecular weight excluding hydrogens is 773 g/mol. The second-order valence-electron chi connectivity index (χ2n) is 15.2. The van der Waals surface area contributed by atoms with Crippen molar-refractivity contribution < 1.29 is 57.4 Å². The van der Waals surface area contributed by atoms with Gasteiger partial charge in [-0.1, -0.05) is 130 Å². The molecule has 0 aliphatic heterocycles. The lowest BCUT2D eigenvalue weighted by atomic mass is 10.1. The van der Waals surface area contributed by atoms with Crippen molar-refractivity contribution in [1.82, 2.24) is 0 Å². The van der Waals surface area contributed by atoms with Crippen LogP contribution in [0.4, 0.5) is 0 Å². The van der Waals surface area contributed by atoms with E-state index in [1.807, 2.05) is 21.1 Å². The average molecular weight is 851 g/mol. The number of carbonyl (C=O) groups is 2. The van der Waals surface area contributed by atoms with E-state index in [1.165, 1.54) is 6.08 Å². The predicted molar refractivity (Wildman–Crippen MR) is 237 cm³/mol. The molecule has 13 heteroatoms. The first-order valence-corrected chi connectivity index (χ1v) is 22.8. The fourth-order valence-corrected chi connectivity index (χ4v) is 5.72. The second kappa shape index (κ2) is 36.6. The third-order valence-corrected chi connectivity index (χ3v) is 9.45. The van der Waals surface area contributed by atoms with Crippen LogP contribution in [0.5, 0.6) is 0 Å². The number of ether oxygens (including phenoxy) is 2. The summed E-state index contributed by atoms with van der Waals surface area (Å²) in [7, 11) is 1.24. The number of unbranched alkanes of at least 4 members (excludes halogenated alkanes) is 4. The van der Waals surface area contributed by atoms with Crippen molar-refractivity contribution in [2.24, 2.45) is 0 Å². The lowest BCUT2D eigenvalue weighted by molar-refractivity contribution is -0.870. The van der Waals surface area contributed by atoms with Crippen LogP contribution in [0, 0.1) is 0 Å². The summed E-state index contributed by atoms with van der Waals surface area (Å²) in [5.41, 5.74) is 0. The molecule has 0 bridgehead atoms. The molecule has 1 unspecified atom stereocenters. The highest BCUT2D eigenvalue weighted by Gasteiger charge is 2.27. The number of esters is 2. The smallest absolute Gasteiger partial charge is 0.462 e. The lowest BCUT2D eigenvalue weighted by Crippen LogP contribution is -2.37. The van der Waals surface area contributed by atoms with Crippen molar-refractivity contribution in [3.05, 3.63) is 97.2 Å². The number of nitrogens with zero attached hydrogens (tertiary/aromatic N) is 1. The molecule has 59 heavy (non-hydrogen) atoms. The van der Waals surface area contributed by atoms with Crippen LogP contribution in [-0.4, -0.2) is 109 Å². The van der Waals surface area contributed by atoms with Gasteiger partial charge in [-0.3, -0.25) is 18.6 Å². The van der Waals surface area contributed by atoms with Crippen molar-refractivity contribution in [3.63, 3.8) is 0 Å². The minimum atomic E-state index is -4.48. The molecule has 0 radical (unpaired) electrons. The Morgan fingerprint density at radius 3 is 1.88 bits per heavy atom. The van der Waals surface area contributed by atoms with Gasteiger partial charge in [0.2, 0.25) is 0 Å². The number of hydrogen-bond donors (Lipinski definition) is 4. The molecule has 0 aliphatic rings. The van der Waals surface area contributed by atoms with Crippen LogP contribution in [0.3, 0.4) is 0 Å². The van der Waals surface area contributed by atoms with Gasteiger partial charge in [-0.05, 0) is 64.2 Å². The van der Waals surface area contributed by atoms with E-state index in [0.717, 1.165) is 64.2 Å². The Bertz CT molecular complexity index is 1380. The number of aliphatic hydroxyl groups is 3. The Morgan fingerprint density at radius 1 is 0.661 bits per heavy atom. The van der Waals surface area contributed by atoms with Gasteiger partial charge in [0.25, 0.3) is 0 Å². The summed E-state index contributed by atoms with van der Waals surface area (Å²) < 4.78 is 33.9. The Kier molecular flexibility index (Phi) is 34.7. The highest BCUT2D eigenvalue weighted by molar-refractivity contribution is 7.47. The molecule has 0 heterocycles. The maximum absolute atomic E-state index is 12.7. The molecule has 4 N–H and O–H groups in total. The topological polar surface area (TPSA) is 169 Å². The molecule has 0 aromatic carbocycles. The van der Waals surface area contributed by atoms with E-state index in [2.05, 4.69) is 62.5 Å². The first-order chi connectivity index (χ1) is 28.2. The molecule has 5 atom stereocenters. The fraction of sp³-hybridized carbons (Fsp3) is 0.609. The van der Waals surface area contributed by atoms with Crippen molar-refractivity contribution in [1.29, 1.82) is 0 Å². The summed E-state index contributed by atoms with van der Waals surface area (Å²) in [4.78, 5) is 35.4. The number of rotatable bonds is 36. The summed E-state index contributed by atoms with van der Waals surface area (Å²) in [6.45, 7) is 3.71. The summed E-state index contributed by atoms with van der Waals surface area (Å²) in [5.74, 6) is -1.19. The van der Waals surface area contributed by atoms with Crippen molar-refractivity contribution >= 4 is 19.8 Å². The van der Waals surface area contributed by atoms with Crippen LogP contribution >= 0.6 is 7.82 Å². The van der Waals surface area contributed by atoms with Gasteiger partial charge in [-0.15, -0.1) is 0 Å². The van der Waals surface area contributed by atoms with Gasteiger partial charge in [0.1, 0.15) is 19.8 Å². The fourth-order valence-electron chi connectivity index (χ4n) is 4.97. The molecule has 336 valence electrons. The zero-order valence-electron chi connectivity index (χ0n) is 36.5. The highest BCUT2D eigenvalue weighted by atomic mass is 31.2. The maximum atomic E-state index is 12.7. The van der Waals surface area contributed by atoms with E-state index < -0.39 is 57.4 Å². The van der Waals surface area contributed by atoms with Gasteiger partial charge < -0.3 is 34.2 Å². The zero-order valence-corrected chi connectivity index (χ0v) is 37.4. The average Bonchev–Trinajstić information content (AvgIpc) is 3.17. The van der Waals surface area contributed by atoms with Gasteiger partial charge in [0.05, 0.1) is 46.1 Å². The molecule has 12 nitrogen and oxygen atoms in total. The first-order valence-electron chi connectivity index (χ1n) is 21.3. The van der Waals surface area contributed by atoms with E-state index in [4.69, 9.17) is 18.5 Å². The van der Waals surface area contributed by atoms with Gasteiger partial charge >= 0.3 is 19.8 Å². The van der Waals surface area contributed by atoms with Crippen LogP contribution < -0.4 is 0 Å². The molecule has 0 aromatic rings. The molecular formula is C46H77NO11P+. The molecule has 0 saturated heterocycles. The molecule has 0 amide bonds. The van der Waals surface area contributed by atoms with Gasteiger partial charge in [0.15, 0.2) is 6.10 Å². The third-order valence-electron chi connectivity index (χ3n) is 8.46. The van der Waals surface area contributed by atoms with E-state index in [0.29, 0.717) is 17.4 Å². The molecule has 0 aliphatic carbocycles. The van der Waals surface area contributed by atoms with Crippen LogP contribution in [0.2, 0.25) is 0 Å². The van der Waals surface area contributed by atoms with Crippen molar-refractivity contribution in [2.75, 3.05) is 47.5 Å². The summed E-state index contributed by atoms with van der Waals surface area (Å²) in [5, 5.41) is 30.5. The SMILES string of the molecule is CC/C=C\C/C=C\C/C=C\C/C=C\CCCCC(=O)O[C@H](COC(=O)CCC[C@@H](O)[C@H](O)/C=C/C=C/C=C\C=C\[C@H](O)CCCCC)COP(=O)(O)OCC[N+](C)(C)C. The summed E-state index contributed by atoms with van der Waals surface area (Å²) in [6, 6.07) is 0. The molecule has 0 spiro atoms. The van der Waals surface area contributed by atoms with Gasteiger partial charge in [-0.2, -0.15) is 0 Å². The quantitative estimate of drug-likeness (QED) is 0.0119. The molecule has 0 fully saturated rings. The first kappa shape index (κ1) is 55.8. The molecule has 0 rings (SSSR count). The van der Waals surface area contributed by atoms with Crippen LogP contribution in [0.1, 0.15) is 110 Å². The predicted octanol–water partition coefficient (Wildman–Crippen LogP) is 8.70. The minimum Gasteiger partial charge on any atom is -0.462 e. The second-order valence-corrected chi connectivity index (χ2v) is 16.7. The number of phosphoric ester groups is 1. The number of likely N-dealkylation sites (N-methyl/N-ethyl adjacent to an activating group) is 1. The lowest BCUT2D eigenvalue weighted by Gasteiger charge is -2.24. The monoisotopic (exact) mass is 851 g/mol. The highest BCUT2D eigenvalue weighted by Crippen LogP contribution is 2.43. The number of allylic oxidation sites excluding steroid dienone is 14. The minimum absolute atomic E-state index is 0.0377. The van der Waals surface area contributed by atoms with E-state index >= 15 is 0 Å². The van der Waals surface area contributed by atoms with Crippen LogP contribution in [0.15, 0.2) is 97.2 Å². The Hall–Kier alpha value is -3.19. The van der Waals surface area contributed by atoms with Crippen LogP contribution in [0.25, 0.3) is 0 Å². The third kappa shape index (κ3) is 38.7. The van der Waals surface area contributed by atoms with E-state index in [1.54, 1.807) is 42.5 Å². The number of carbonyl (C=O) groups excluding carboxylic acids is 2. The summed E-state index contributed by atoms with van der Waals surface area (Å²) in [6.07, 6.45) is 36.9. The molecule has 0 saturated carbocycles. The largest absolute Gasteiger partial charge is 0.472 e. The number of hydrogen-bond acceptors (Lipinski definition) is 10. The zero-order chi connectivity index (χ0) is 44.0. The maximum Gasteiger partial charge on any atom is 0.472 e. The Labute approximate surface area is 355 Å². The van der Waals surface area contributed by atoms with Crippen molar-refractivity contribution in [3.8, 4) is 0 Å².